The topological polar surface area (TPSA) is 54.7 Å². The van der Waals surface area contributed by atoms with Crippen LogP contribution in [0.4, 0.5) is 0 Å². The number of nitrogens with one attached hydrogen (secondary N) is 2. The zero-order chi connectivity index (χ0) is 15.0. The first-order valence-electron chi connectivity index (χ1n) is 7.89. The number of rotatable bonds is 0. The van der Waals surface area contributed by atoms with Crippen LogP contribution in [-0.2, 0) is 0 Å². The molecule has 0 bridgehead atoms. The summed E-state index contributed by atoms with van der Waals surface area (Å²) in [5, 5.41) is 11.1. The summed E-state index contributed by atoms with van der Waals surface area (Å²) in [6.07, 6.45) is 8.10. The first-order chi connectivity index (χ1) is 10.0. The Kier molecular flexibility index (Phi) is 3.74. The van der Waals surface area contributed by atoms with E-state index in [1.807, 2.05) is 12.4 Å². The zero-order valence-electron chi connectivity index (χ0n) is 13.1. The third kappa shape index (κ3) is 2.82. The van der Waals surface area contributed by atoms with Crippen LogP contribution >= 0.6 is 0 Å². The number of guanidine groups is 1. The highest BCUT2D eigenvalue weighted by Crippen LogP contribution is 2.26. The second kappa shape index (κ2) is 5.54. The van der Waals surface area contributed by atoms with Crippen LogP contribution < -0.4 is 5.32 Å². The molecule has 1 saturated heterocycles. The Bertz CT molecular complexity index is 509. The van der Waals surface area contributed by atoms with Gasteiger partial charge in [-0.25, -0.2) is 4.99 Å². The molecule has 2 N–H and O–H groups in total. The maximum atomic E-state index is 8.11. The third-order valence-electron chi connectivity index (χ3n) is 4.32. The number of hydrogen-bond donors (Lipinski definition) is 2. The first kappa shape index (κ1) is 14.2. The van der Waals surface area contributed by atoms with Crippen molar-refractivity contribution in [1.29, 1.82) is 5.41 Å². The Morgan fingerprint density at radius 1 is 1.24 bits per heavy atom. The number of hydrogen-bond acceptors (Lipinski definition) is 4. The van der Waals surface area contributed by atoms with Crippen molar-refractivity contribution in [3.63, 3.8) is 0 Å². The van der Waals surface area contributed by atoms with Crippen LogP contribution in [0.1, 0.15) is 33.6 Å². The van der Waals surface area contributed by atoms with Crippen LogP contribution in [0, 0.1) is 17.2 Å². The average molecular weight is 287 g/mol. The fourth-order valence-electron chi connectivity index (χ4n) is 3.50. The summed E-state index contributed by atoms with van der Waals surface area (Å²) in [5.74, 6) is 2.84. The first-order valence-corrected chi connectivity index (χ1v) is 7.89. The Labute approximate surface area is 126 Å². The van der Waals surface area contributed by atoms with Crippen LogP contribution in [0.2, 0.25) is 0 Å². The van der Waals surface area contributed by atoms with E-state index in [1.165, 1.54) is 6.42 Å². The lowest BCUT2D eigenvalue weighted by Gasteiger charge is -2.41. The van der Waals surface area contributed by atoms with Crippen molar-refractivity contribution >= 4 is 11.8 Å². The Hall–Kier alpha value is -1.78. The Morgan fingerprint density at radius 2 is 1.95 bits per heavy atom. The lowest BCUT2D eigenvalue weighted by atomic mass is 9.92. The maximum Gasteiger partial charge on any atom is 0.205 e. The monoisotopic (exact) mass is 287 g/mol. The molecule has 3 rings (SSSR count). The van der Waals surface area contributed by atoms with Crippen molar-refractivity contribution in [1.82, 2.24) is 15.1 Å². The molecule has 1 fully saturated rings. The van der Waals surface area contributed by atoms with Gasteiger partial charge in [0.1, 0.15) is 5.84 Å². The number of aliphatic imine (C=N–C) groups is 1. The van der Waals surface area contributed by atoms with E-state index in [0.717, 1.165) is 31.2 Å². The number of piperidine rings is 1. The van der Waals surface area contributed by atoms with Gasteiger partial charge in [-0.2, -0.15) is 0 Å². The van der Waals surface area contributed by atoms with E-state index in [-0.39, 0.29) is 6.04 Å². The van der Waals surface area contributed by atoms with Crippen molar-refractivity contribution in [2.75, 3.05) is 13.1 Å². The highest BCUT2D eigenvalue weighted by atomic mass is 15.4. The van der Waals surface area contributed by atoms with E-state index in [2.05, 4.69) is 42.0 Å². The third-order valence-corrected chi connectivity index (χ3v) is 4.32. The number of nitrogens with zero attached hydrogens (tertiary/aromatic N) is 3. The fourth-order valence-corrected chi connectivity index (χ4v) is 3.50. The molecule has 3 aliphatic heterocycles. The fraction of sp³-hybridized carbons (Fsp3) is 0.625. The Morgan fingerprint density at radius 3 is 2.67 bits per heavy atom. The summed E-state index contributed by atoms with van der Waals surface area (Å²) in [4.78, 5) is 9.40. The number of likely N-dealkylation sites (tertiary alicyclic amines) is 1. The van der Waals surface area contributed by atoms with E-state index in [4.69, 9.17) is 10.4 Å². The standard InChI is InChI=1S/C16H25N5/c1-11-8-12(2)10-20(9-11)16-19-13(3)4-5-14-15(17)18-6-7-21(14)16/h5-7,11-13H,4,8-10H2,1-3H3,(H2,17,18)/t11-,12+,13?. The quantitative estimate of drug-likeness (QED) is 0.719. The maximum absolute atomic E-state index is 8.11. The minimum Gasteiger partial charge on any atom is -0.344 e. The van der Waals surface area contributed by atoms with Crippen LogP contribution in [0.3, 0.4) is 0 Å². The molecule has 3 atom stereocenters. The van der Waals surface area contributed by atoms with Crippen molar-refractivity contribution in [3.8, 4) is 0 Å². The van der Waals surface area contributed by atoms with Crippen LogP contribution in [-0.4, -0.2) is 40.7 Å². The molecule has 5 heteroatoms. The number of amidine groups is 1. The lowest BCUT2D eigenvalue weighted by Crippen LogP contribution is -2.50. The number of fused-ring (bicyclic) bond motifs is 1. The minimum atomic E-state index is 0.256. The van der Waals surface area contributed by atoms with Crippen LogP contribution in [0.25, 0.3) is 0 Å². The molecule has 3 aliphatic rings. The van der Waals surface area contributed by atoms with Gasteiger partial charge in [-0.1, -0.05) is 19.9 Å². The summed E-state index contributed by atoms with van der Waals surface area (Å²) in [5.41, 5.74) is 0.923. The molecule has 0 aliphatic carbocycles. The predicted octanol–water partition coefficient (Wildman–Crippen LogP) is 2.35. The molecule has 0 saturated carbocycles. The molecule has 5 nitrogen and oxygen atoms in total. The Balaban J connectivity index is 1.94. The van der Waals surface area contributed by atoms with Gasteiger partial charge in [0.25, 0.3) is 0 Å². The smallest absolute Gasteiger partial charge is 0.205 e. The summed E-state index contributed by atoms with van der Waals surface area (Å²) in [6.45, 7) is 8.88. The van der Waals surface area contributed by atoms with Crippen molar-refractivity contribution < 1.29 is 0 Å². The summed E-state index contributed by atoms with van der Waals surface area (Å²) in [7, 11) is 0. The molecule has 1 unspecified atom stereocenters. The molecule has 0 aromatic heterocycles. The molecule has 0 radical (unpaired) electrons. The SMILES string of the molecule is CC1CC=C2C(=N)NC=CN2C(N2C[C@H](C)C[C@H](C)C2)=N1. The lowest BCUT2D eigenvalue weighted by molar-refractivity contribution is 0.201. The molecular weight excluding hydrogens is 262 g/mol. The second-order valence-electron chi connectivity index (χ2n) is 6.66. The highest BCUT2D eigenvalue weighted by Gasteiger charge is 2.31. The van der Waals surface area contributed by atoms with E-state index >= 15 is 0 Å². The largest absolute Gasteiger partial charge is 0.344 e. The van der Waals surface area contributed by atoms with Gasteiger partial charge in [0.05, 0.1) is 11.7 Å². The second-order valence-corrected chi connectivity index (χ2v) is 6.66. The average Bonchev–Trinajstić information content (AvgIpc) is 2.58. The van der Waals surface area contributed by atoms with Crippen molar-refractivity contribution in [3.05, 3.63) is 24.2 Å². The van der Waals surface area contributed by atoms with Crippen molar-refractivity contribution in [2.24, 2.45) is 16.8 Å². The molecule has 0 aromatic rings. The van der Waals surface area contributed by atoms with Gasteiger partial charge in [0, 0.05) is 25.5 Å². The molecule has 3 heterocycles. The van der Waals surface area contributed by atoms with Crippen LogP contribution in [0.5, 0.6) is 0 Å². The van der Waals surface area contributed by atoms with Gasteiger partial charge >= 0.3 is 0 Å². The van der Waals surface area contributed by atoms with Gasteiger partial charge < -0.3 is 10.2 Å². The summed E-state index contributed by atoms with van der Waals surface area (Å²) in [6, 6.07) is 0.256. The van der Waals surface area contributed by atoms with Crippen molar-refractivity contribution in [2.45, 2.75) is 39.7 Å². The van der Waals surface area contributed by atoms with E-state index in [1.54, 1.807) is 0 Å². The summed E-state index contributed by atoms with van der Waals surface area (Å²) >= 11 is 0. The van der Waals surface area contributed by atoms with Gasteiger partial charge in [-0.05, 0) is 31.6 Å². The van der Waals surface area contributed by atoms with Crippen LogP contribution in [0.15, 0.2) is 29.2 Å². The molecular formula is C16H25N5. The molecule has 114 valence electrons. The van der Waals surface area contributed by atoms with Gasteiger partial charge in [0.15, 0.2) is 0 Å². The van der Waals surface area contributed by atoms with Gasteiger partial charge in [-0.15, -0.1) is 0 Å². The molecule has 0 spiro atoms. The molecule has 0 amide bonds. The molecule has 21 heavy (non-hydrogen) atoms. The minimum absolute atomic E-state index is 0.256. The summed E-state index contributed by atoms with van der Waals surface area (Å²) < 4.78 is 0. The van der Waals surface area contributed by atoms with E-state index in [9.17, 15) is 0 Å². The normalized spacial score (nSPS) is 32.9. The van der Waals surface area contributed by atoms with E-state index < -0.39 is 0 Å². The van der Waals surface area contributed by atoms with Gasteiger partial charge in [-0.3, -0.25) is 10.3 Å². The molecule has 0 aromatic carbocycles. The van der Waals surface area contributed by atoms with Gasteiger partial charge in [0.2, 0.25) is 5.96 Å². The predicted molar refractivity (Wildman–Crippen MR) is 86.0 cm³/mol. The van der Waals surface area contributed by atoms with E-state index in [0.29, 0.717) is 17.7 Å². The zero-order valence-corrected chi connectivity index (χ0v) is 13.1. The highest BCUT2D eigenvalue weighted by molar-refractivity contribution is 6.02.